The Bertz CT molecular complexity index is 1260. The molecule has 0 spiro atoms. The Kier molecular flexibility index (Phi) is 6.46. The molecule has 1 atom stereocenters. The van der Waals surface area contributed by atoms with Crippen LogP contribution in [-0.4, -0.2) is 46.8 Å². The van der Waals surface area contributed by atoms with Gasteiger partial charge in [-0.15, -0.1) is 11.3 Å². The van der Waals surface area contributed by atoms with Gasteiger partial charge in [-0.3, -0.25) is 9.48 Å². The molecule has 5 rings (SSSR count). The van der Waals surface area contributed by atoms with Gasteiger partial charge in [0.1, 0.15) is 24.2 Å². The van der Waals surface area contributed by atoms with Crippen LogP contribution in [0, 0.1) is 0 Å². The summed E-state index contributed by atoms with van der Waals surface area (Å²) in [6, 6.07) is 19.0. The molecular formula is C25H23N3O5S. The molecule has 3 heterocycles. The van der Waals surface area contributed by atoms with E-state index >= 15 is 0 Å². The maximum Gasteiger partial charge on any atom is 0.255 e. The lowest BCUT2D eigenvalue weighted by Crippen LogP contribution is -2.35. The minimum Gasteiger partial charge on any atom is -0.491 e. The van der Waals surface area contributed by atoms with Gasteiger partial charge in [-0.1, -0.05) is 36.4 Å². The van der Waals surface area contributed by atoms with Crippen molar-refractivity contribution in [3.05, 3.63) is 83.4 Å². The van der Waals surface area contributed by atoms with Crippen molar-refractivity contribution in [1.29, 1.82) is 0 Å². The highest BCUT2D eigenvalue weighted by Crippen LogP contribution is 2.35. The number of ether oxygens (including phenoxy) is 3. The molecule has 2 aromatic carbocycles. The van der Waals surface area contributed by atoms with Gasteiger partial charge in [0.25, 0.3) is 5.91 Å². The third-order valence-corrected chi connectivity index (χ3v) is 6.11. The highest BCUT2D eigenvalue weighted by Gasteiger charge is 2.20. The number of fused-ring (bicyclic) bond motifs is 1. The monoisotopic (exact) mass is 477 g/mol. The number of aliphatic hydroxyl groups is 1. The minimum atomic E-state index is -0.890. The number of hydrogen-bond donors (Lipinski definition) is 2. The summed E-state index contributed by atoms with van der Waals surface area (Å²) in [5.41, 5.74) is 2.17. The first kappa shape index (κ1) is 22.0. The zero-order valence-corrected chi connectivity index (χ0v) is 19.0. The van der Waals surface area contributed by atoms with Crippen LogP contribution >= 0.6 is 11.3 Å². The quantitative estimate of drug-likeness (QED) is 0.383. The smallest absolute Gasteiger partial charge is 0.255 e. The Morgan fingerprint density at radius 1 is 1.15 bits per heavy atom. The second-order valence-corrected chi connectivity index (χ2v) is 8.69. The van der Waals surface area contributed by atoms with Crippen molar-refractivity contribution in [3.8, 4) is 27.8 Å². The maximum absolute atomic E-state index is 13.0. The maximum atomic E-state index is 13.0. The van der Waals surface area contributed by atoms with E-state index in [0.717, 1.165) is 10.4 Å². The lowest BCUT2D eigenvalue weighted by molar-refractivity contribution is 0.0844. The molecule has 2 N–H and O–H groups in total. The van der Waals surface area contributed by atoms with Crippen LogP contribution < -0.4 is 19.5 Å². The summed E-state index contributed by atoms with van der Waals surface area (Å²) >= 11 is 1.52. The van der Waals surface area contributed by atoms with Gasteiger partial charge in [-0.05, 0) is 29.1 Å². The summed E-state index contributed by atoms with van der Waals surface area (Å²) in [5, 5.41) is 19.7. The first-order chi connectivity index (χ1) is 16.7. The van der Waals surface area contributed by atoms with E-state index in [4.69, 9.17) is 14.2 Å². The molecule has 1 amide bonds. The fraction of sp³-hybridized carbons (Fsp3) is 0.200. The summed E-state index contributed by atoms with van der Waals surface area (Å²) in [4.78, 5) is 13.9. The van der Waals surface area contributed by atoms with E-state index < -0.39 is 6.10 Å². The van der Waals surface area contributed by atoms with Gasteiger partial charge in [0.15, 0.2) is 11.5 Å². The van der Waals surface area contributed by atoms with Crippen LogP contribution in [0.2, 0.25) is 0 Å². The van der Waals surface area contributed by atoms with E-state index in [2.05, 4.69) is 10.4 Å². The van der Waals surface area contributed by atoms with E-state index in [9.17, 15) is 9.90 Å². The summed E-state index contributed by atoms with van der Waals surface area (Å²) in [5.74, 6) is 1.52. The zero-order valence-electron chi connectivity index (χ0n) is 18.2. The topological polar surface area (TPSA) is 94.8 Å². The standard InChI is InChI=1S/C25H23N3O5S/c29-18(15-31-19-8-9-21-22(11-19)33-16-32-21)12-26-25(30)20-14-28(13-17-5-2-1-3-6-17)27-24(20)23-7-4-10-34-23/h1-11,14,18,29H,12-13,15-16H2,(H,26,30). The number of nitrogens with one attached hydrogen (secondary N) is 1. The summed E-state index contributed by atoms with van der Waals surface area (Å²) in [7, 11) is 0. The second-order valence-electron chi connectivity index (χ2n) is 7.74. The minimum absolute atomic E-state index is 0.0188. The van der Waals surface area contributed by atoms with E-state index in [1.807, 2.05) is 47.8 Å². The molecule has 0 fully saturated rings. The average molecular weight is 478 g/mol. The third-order valence-electron chi connectivity index (χ3n) is 5.23. The lowest BCUT2D eigenvalue weighted by atomic mass is 10.2. The molecular weight excluding hydrogens is 454 g/mol. The molecule has 1 aliphatic rings. The molecule has 1 aliphatic heterocycles. The van der Waals surface area contributed by atoms with E-state index in [1.165, 1.54) is 11.3 Å². The van der Waals surface area contributed by atoms with Crippen molar-refractivity contribution in [2.75, 3.05) is 19.9 Å². The van der Waals surface area contributed by atoms with Gasteiger partial charge in [-0.2, -0.15) is 5.10 Å². The second kappa shape index (κ2) is 9.98. The van der Waals surface area contributed by atoms with Crippen molar-refractivity contribution in [2.24, 2.45) is 0 Å². The molecule has 2 aromatic heterocycles. The Morgan fingerprint density at radius 3 is 2.82 bits per heavy atom. The first-order valence-electron chi connectivity index (χ1n) is 10.8. The predicted octanol–water partition coefficient (Wildman–Crippen LogP) is 3.56. The van der Waals surface area contributed by atoms with Gasteiger partial charge >= 0.3 is 0 Å². The summed E-state index contributed by atoms with van der Waals surface area (Å²) in [6.45, 7) is 0.795. The predicted molar refractivity (Wildman–Crippen MR) is 127 cm³/mol. The summed E-state index contributed by atoms with van der Waals surface area (Å²) in [6.07, 6.45) is 0.853. The van der Waals surface area contributed by atoms with Crippen LogP contribution in [0.1, 0.15) is 15.9 Å². The van der Waals surface area contributed by atoms with Crippen molar-refractivity contribution in [1.82, 2.24) is 15.1 Å². The number of amides is 1. The number of carbonyl (C=O) groups is 1. The van der Waals surface area contributed by atoms with Crippen molar-refractivity contribution in [3.63, 3.8) is 0 Å². The highest BCUT2D eigenvalue weighted by atomic mass is 32.1. The number of nitrogens with zero attached hydrogens (tertiary/aromatic N) is 2. The molecule has 4 aromatic rings. The van der Waals surface area contributed by atoms with Crippen LogP contribution in [0.3, 0.4) is 0 Å². The number of hydrogen-bond acceptors (Lipinski definition) is 7. The Hall–Kier alpha value is -3.82. The van der Waals surface area contributed by atoms with E-state index in [-0.39, 0.29) is 25.9 Å². The normalized spacial score (nSPS) is 13.0. The van der Waals surface area contributed by atoms with Crippen molar-refractivity contribution < 1.29 is 24.1 Å². The molecule has 0 bridgehead atoms. The molecule has 9 heteroatoms. The molecule has 1 unspecified atom stereocenters. The number of thiophene rings is 1. The SMILES string of the molecule is O=C(NCC(O)COc1ccc2c(c1)OCO2)c1cn(Cc2ccccc2)nc1-c1cccs1. The Labute approximate surface area is 200 Å². The zero-order chi connectivity index (χ0) is 23.3. The van der Waals surface area contributed by atoms with Crippen LogP contribution in [-0.2, 0) is 6.54 Å². The van der Waals surface area contributed by atoms with Crippen LogP contribution in [0.5, 0.6) is 17.2 Å². The lowest BCUT2D eigenvalue weighted by Gasteiger charge is -2.13. The Morgan fingerprint density at radius 2 is 2.00 bits per heavy atom. The number of benzene rings is 2. The molecule has 0 radical (unpaired) electrons. The van der Waals surface area contributed by atoms with Gasteiger partial charge < -0.3 is 24.6 Å². The molecule has 0 saturated heterocycles. The average Bonchev–Trinajstić information content (AvgIpc) is 3.62. The van der Waals surface area contributed by atoms with Gasteiger partial charge in [0.05, 0.1) is 17.0 Å². The molecule has 8 nitrogen and oxygen atoms in total. The third kappa shape index (κ3) is 5.05. The molecule has 0 aliphatic carbocycles. The first-order valence-corrected chi connectivity index (χ1v) is 11.7. The fourth-order valence-corrected chi connectivity index (χ4v) is 4.28. The summed E-state index contributed by atoms with van der Waals surface area (Å²) < 4.78 is 18.0. The number of aromatic nitrogens is 2. The molecule has 0 saturated carbocycles. The van der Waals surface area contributed by atoms with Gasteiger partial charge in [0.2, 0.25) is 6.79 Å². The Balaban J connectivity index is 1.22. The number of carbonyl (C=O) groups excluding carboxylic acids is 1. The molecule has 174 valence electrons. The van der Waals surface area contributed by atoms with Crippen molar-refractivity contribution in [2.45, 2.75) is 12.6 Å². The largest absolute Gasteiger partial charge is 0.491 e. The van der Waals surface area contributed by atoms with Gasteiger partial charge in [0, 0.05) is 18.8 Å². The fourth-order valence-electron chi connectivity index (χ4n) is 3.56. The van der Waals surface area contributed by atoms with E-state index in [0.29, 0.717) is 35.1 Å². The van der Waals surface area contributed by atoms with Gasteiger partial charge in [-0.25, -0.2) is 0 Å². The number of rotatable bonds is 9. The number of aliphatic hydroxyl groups excluding tert-OH is 1. The van der Waals surface area contributed by atoms with Crippen molar-refractivity contribution >= 4 is 17.2 Å². The van der Waals surface area contributed by atoms with Crippen LogP contribution in [0.25, 0.3) is 10.6 Å². The van der Waals surface area contributed by atoms with Crippen LogP contribution in [0.4, 0.5) is 0 Å². The van der Waals surface area contributed by atoms with Crippen LogP contribution in [0.15, 0.2) is 72.2 Å². The van der Waals surface area contributed by atoms with E-state index in [1.54, 1.807) is 29.1 Å². The molecule has 34 heavy (non-hydrogen) atoms. The highest BCUT2D eigenvalue weighted by molar-refractivity contribution is 7.13.